The summed E-state index contributed by atoms with van der Waals surface area (Å²) in [5.41, 5.74) is 4.40. The van der Waals surface area contributed by atoms with Crippen LogP contribution in [0.5, 0.6) is 5.75 Å². The van der Waals surface area contributed by atoms with Gasteiger partial charge in [-0.3, -0.25) is 4.90 Å². The highest BCUT2D eigenvalue weighted by Gasteiger charge is 2.42. The number of likely N-dealkylation sites (tertiary alicyclic amines) is 1. The molecule has 0 N–H and O–H groups in total. The summed E-state index contributed by atoms with van der Waals surface area (Å²) in [6, 6.07) is 16.6. The molecule has 2 aromatic carbocycles. The molecule has 2 aliphatic rings. The molecule has 0 amide bonds. The molecule has 25 heavy (non-hydrogen) atoms. The smallest absolute Gasteiger partial charge is 0.136 e. The van der Waals surface area contributed by atoms with E-state index >= 15 is 0 Å². The first-order valence-electron chi connectivity index (χ1n) is 8.76. The van der Waals surface area contributed by atoms with Gasteiger partial charge in [0.25, 0.3) is 0 Å². The topological polar surface area (TPSA) is 45.5 Å². The van der Waals surface area contributed by atoms with Crippen molar-refractivity contribution < 1.29 is 9.47 Å². The van der Waals surface area contributed by atoms with Crippen LogP contribution >= 0.6 is 0 Å². The van der Waals surface area contributed by atoms with Crippen molar-refractivity contribution in [2.45, 2.75) is 31.6 Å². The van der Waals surface area contributed by atoms with Crippen molar-refractivity contribution in [1.29, 1.82) is 5.26 Å². The third-order valence-corrected chi connectivity index (χ3v) is 5.47. The molecule has 1 spiro atoms. The standard InChI is InChI=1S/C21H22N2O2/c1-24-20-12-16(6-7-17(20)13-22)14-23-10-8-21(9-11-23)19-5-3-2-4-18(19)15-25-21/h2-7,12H,8-11,14-15H2,1H3. The maximum atomic E-state index is 9.11. The zero-order chi connectivity index (χ0) is 17.3. The fourth-order valence-corrected chi connectivity index (χ4v) is 4.05. The number of hydrogen-bond acceptors (Lipinski definition) is 4. The van der Waals surface area contributed by atoms with Gasteiger partial charge in [-0.1, -0.05) is 30.3 Å². The van der Waals surface area contributed by atoms with Crippen LogP contribution < -0.4 is 4.74 Å². The highest BCUT2D eigenvalue weighted by atomic mass is 16.5. The fraction of sp³-hybridized carbons (Fsp3) is 0.381. The lowest BCUT2D eigenvalue weighted by atomic mass is 9.84. The summed E-state index contributed by atoms with van der Waals surface area (Å²) in [7, 11) is 1.61. The summed E-state index contributed by atoms with van der Waals surface area (Å²) in [5.74, 6) is 0.654. The highest BCUT2D eigenvalue weighted by Crippen LogP contribution is 2.44. The van der Waals surface area contributed by atoms with Crippen LogP contribution in [0.2, 0.25) is 0 Å². The minimum Gasteiger partial charge on any atom is -0.495 e. The van der Waals surface area contributed by atoms with E-state index in [1.54, 1.807) is 7.11 Å². The van der Waals surface area contributed by atoms with Crippen molar-refractivity contribution in [2.24, 2.45) is 0 Å². The number of nitriles is 1. The third-order valence-electron chi connectivity index (χ3n) is 5.47. The molecule has 0 radical (unpaired) electrons. The quantitative estimate of drug-likeness (QED) is 0.860. The van der Waals surface area contributed by atoms with E-state index in [0.29, 0.717) is 11.3 Å². The van der Waals surface area contributed by atoms with Gasteiger partial charge in [0, 0.05) is 19.6 Å². The molecule has 4 nitrogen and oxygen atoms in total. The number of hydrogen-bond donors (Lipinski definition) is 0. The number of methoxy groups -OCH3 is 1. The summed E-state index contributed by atoms with van der Waals surface area (Å²) >= 11 is 0. The third kappa shape index (κ3) is 2.90. The molecular weight excluding hydrogens is 312 g/mol. The predicted octanol–water partition coefficient (Wildman–Crippen LogP) is 3.59. The summed E-state index contributed by atoms with van der Waals surface area (Å²) in [5, 5.41) is 9.11. The summed E-state index contributed by atoms with van der Waals surface area (Å²) in [6.45, 7) is 3.64. The SMILES string of the molecule is COc1cc(CN2CCC3(CC2)OCc2ccccc23)ccc1C#N. The minimum absolute atomic E-state index is 0.0878. The van der Waals surface area contributed by atoms with E-state index in [2.05, 4.69) is 35.2 Å². The predicted molar refractivity (Wildman–Crippen MR) is 95.1 cm³/mol. The molecule has 0 atom stereocenters. The average molecular weight is 334 g/mol. The van der Waals surface area contributed by atoms with Crippen molar-refractivity contribution in [3.8, 4) is 11.8 Å². The Morgan fingerprint density at radius 2 is 2.00 bits per heavy atom. The molecule has 4 rings (SSSR count). The molecule has 4 heteroatoms. The van der Waals surface area contributed by atoms with E-state index in [9.17, 15) is 0 Å². The normalized spacial score (nSPS) is 18.7. The first kappa shape index (κ1) is 16.1. The Kier molecular flexibility index (Phi) is 4.20. The molecule has 2 aromatic rings. The monoisotopic (exact) mass is 334 g/mol. The van der Waals surface area contributed by atoms with Crippen LogP contribution in [0.3, 0.4) is 0 Å². The lowest BCUT2D eigenvalue weighted by Gasteiger charge is -2.39. The number of ether oxygens (including phenoxy) is 2. The lowest BCUT2D eigenvalue weighted by Crippen LogP contribution is -2.42. The second-order valence-electron chi connectivity index (χ2n) is 6.86. The van der Waals surface area contributed by atoms with Crippen LogP contribution in [0.1, 0.15) is 35.1 Å². The van der Waals surface area contributed by atoms with Gasteiger partial charge in [-0.05, 0) is 41.7 Å². The fourth-order valence-electron chi connectivity index (χ4n) is 4.05. The van der Waals surface area contributed by atoms with E-state index in [1.807, 2.05) is 18.2 Å². The Labute approximate surface area is 148 Å². The van der Waals surface area contributed by atoms with Crippen molar-refractivity contribution >= 4 is 0 Å². The Hall–Kier alpha value is -2.35. The summed E-state index contributed by atoms with van der Waals surface area (Å²) in [6.07, 6.45) is 2.05. The maximum Gasteiger partial charge on any atom is 0.136 e. The molecule has 0 aromatic heterocycles. The van der Waals surface area contributed by atoms with Crippen molar-refractivity contribution in [3.63, 3.8) is 0 Å². The van der Waals surface area contributed by atoms with Crippen LogP contribution in [0, 0.1) is 11.3 Å². The Morgan fingerprint density at radius 3 is 2.76 bits per heavy atom. The van der Waals surface area contributed by atoms with E-state index < -0.39 is 0 Å². The zero-order valence-electron chi connectivity index (χ0n) is 14.5. The molecule has 128 valence electrons. The van der Waals surface area contributed by atoms with Gasteiger partial charge in [0.15, 0.2) is 0 Å². The number of piperidine rings is 1. The maximum absolute atomic E-state index is 9.11. The van der Waals surface area contributed by atoms with E-state index in [-0.39, 0.29) is 5.60 Å². The first-order chi connectivity index (χ1) is 12.2. The van der Waals surface area contributed by atoms with Gasteiger partial charge in [0.1, 0.15) is 11.8 Å². The van der Waals surface area contributed by atoms with Gasteiger partial charge in [0.2, 0.25) is 0 Å². The van der Waals surface area contributed by atoms with E-state index in [4.69, 9.17) is 14.7 Å². The van der Waals surface area contributed by atoms with Crippen molar-refractivity contribution in [2.75, 3.05) is 20.2 Å². The number of nitrogens with zero attached hydrogens (tertiary/aromatic N) is 2. The summed E-state index contributed by atoms with van der Waals surface area (Å²) < 4.78 is 11.6. The molecule has 0 bridgehead atoms. The van der Waals surface area contributed by atoms with Gasteiger partial charge < -0.3 is 9.47 Å². The molecule has 0 saturated carbocycles. The minimum atomic E-state index is -0.0878. The highest BCUT2D eigenvalue weighted by molar-refractivity contribution is 5.45. The van der Waals surface area contributed by atoms with Gasteiger partial charge in [-0.2, -0.15) is 5.26 Å². The van der Waals surface area contributed by atoms with Gasteiger partial charge >= 0.3 is 0 Å². The molecule has 0 unspecified atom stereocenters. The molecule has 1 saturated heterocycles. The molecule has 1 fully saturated rings. The second-order valence-corrected chi connectivity index (χ2v) is 6.86. The summed E-state index contributed by atoms with van der Waals surface area (Å²) in [4.78, 5) is 2.45. The molecule has 0 aliphatic carbocycles. The van der Waals surface area contributed by atoms with E-state index in [0.717, 1.165) is 39.1 Å². The van der Waals surface area contributed by atoms with Crippen LogP contribution in [0.15, 0.2) is 42.5 Å². The lowest BCUT2D eigenvalue weighted by molar-refractivity contribution is -0.0799. The number of rotatable bonds is 3. The first-order valence-corrected chi connectivity index (χ1v) is 8.76. The van der Waals surface area contributed by atoms with Gasteiger partial charge in [-0.15, -0.1) is 0 Å². The molecule has 2 heterocycles. The zero-order valence-corrected chi connectivity index (χ0v) is 14.5. The van der Waals surface area contributed by atoms with Crippen molar-refractivity contribution in [3.05, 3.63) is 64.7 Å². The Morgan fingerprint density at radius 1 is 1.20 bits per heavy atom. The second kappa shape index (κ2) is 6.51. The van der Waals surface area contributed by atoms with Gasteiger partial charge in [-0.25, -0.2) is 0 Å². The van der Waals surface area contributed by atoms with Crippen molar-refractivity contribution in [1.82, 2.24) is 4.90 Å². The van der Waals surface area contributed by atoms with Crippen LogP contribution in [0.25, 0.3) is 0 Å². The van der Waals surface area contributed by atoms with Crippen LogP contribution in [-0.2, 0) is 23.5 Å². The average Bonchev–Trinajstić information content (AvgIpc) is 3.02. The Balaban J connectivity index is 1.44. The van der Waals surface area contributed by atoms with Crippen LogP contribution in [0.4, 0.5) is 0 Å². The molecule has 2 aliphatic heterocycles. The van der Waals surface area contributed by atoms with Gasteiger partial charge in [0.05, 0.1) is 24.9 Å². The molecular formula is C21H22N2O2. The number of benzene rings is 2. The largest absolute Gasteiger partial charge is 0.495 e. The van der Waals surface area contributed by atoms with Crippen LogP contribution in [-0.4, -0.2) is 25.1 Å². The number of fused-ring (bicyclic) bond motifs is 2. The van der Waals surface area contributed by atoms with E-state index in [1.165, 1.54) is 16.7 Å². The Bertz CT molecular complexity index is 817.